The number of carbonyl (C=O) groups is 2. The first kappa shape index (κ1) is 16.6. The van der Waals surface area contributed by atoms with Crippen molar-refractivity contribution in [3.05, 3.63) is 50.4 Å². The summed E-state index contributed by atoms with van der Waals surface area (Å²) in [5.41, 5.74) is 0.526. The fourth-order valence-corrected chi connectivity index (χ4v) is 3.40. The van der Waals surface area contributed by atoms with Crippen molar-refractivity contribution in [2.75, 3.05) is 14.2 Å². The predicted octanol–water partition coefficient (Wildman–Crippen LogP) is 3.20. The summed E-state index contributed by atoms with van der Waals surface area (Å²) < 4.78 is 9.37. The fourth-order valence-electron chi connectivity index (χ4n) is 2.16. The Balaban J connectivity index is 2.76. The summed E-state index contributed by atoms with van der Waals surface area (Å²) >= 11 is 0.918. The zero-order valence-corrected chi connectivity index (χ0v) is 13.4. The molecule has 0 spiro atoms. The molecule has 0 saturated heterocycles. The molecule has 0 unspecified atom stereocenters. The highest BCUT2D eigenvalue weighted by Gasteiger charge is 2.31. The molecule has 0 aliphatic heterocycles. The molecule has 120 valence electrons. The van der Waals surface area contributed by atoms with E-state index >= 15 is 0 Å². The van der Waals surface area contributed by atoms with Crippen molar-refractivity contribution in [1.29, 1.82) is 0 Å². The number of ether oxygens (including phenoxy) is 2. The van der Waals surface area contributed by atoms with Crippen LogP contribution in [0.3, 0.4) is 0 Å². The van der Waals surface area contributed by atoms with Gasteiger partial charge >= 0.3 is 11.9 Å². The molecule has 0 aliphatic rings. The number of rotatable bonds is 4. The molecule has 1 aromatic carbocycles. The number of methoxy groups -OCH3 is 2. The van der Waals surface area contributed by atoms with Gasteiger partial charge in [-0.2, -0.15) is 0 Å². The average Bonchev–Trinajstić information content (AvgIpc) is 2.90. The number of nitrogens with zero attached hydrogens (tertiary/aromatic N) is 1. The molecule has 0 radical (unpaired) electrons. The summed E-state index contributed by atoms with van der Waals surface area (Å²) in [4.78, 5) is 34.9. The van der Waals surface area contributed by atoms with Crippen LogP contribution in [0.2, 0.25) is 0 Å². The maximum Gasteiger partial charge on any atom is 0.348 e. The van der Waals surface area contributed by atoms with E-state index in [9.17, 15) is 19.7 Å². The third-order valence-corrected chi connectivity index (χ3v) is 4.54. The molecular formula is C15H13NO6S. The second kappa shape index (κ2) is 6.57. The van der Waals surface area contributed by atoms with E-state index in [1.807, 2.05) is 0 Å². The van der Waals surface area contributed by atoms with Gasteiger partial charge < -0.3 is 9.47 Å². The summed E-state index contributed by atoms with van der Waals surface area (Å²) in [5, 5.41) is 11.4. The van der Waals surface area contributed by atoms with Crippen LogP contribution in [0.4, 0.5) is 5.69 Å². The van der Waals surface area contributed by atoms with E-state index in [4.69, 9.17) is 4.74 Å². The van der Waals surface area contributed by atoms with Gasteiger partial charge in [-0.1, -0.05) is 18.2 Å². The third-order valence-electron chi connectivity index (χ3n) is 3.25. The number of nitro groups is 1. The van der Waals surface area contributed by atoms with Crippen molar-refractivity contribution in [2.45, 2.75) is 6.92 Å². The second-order valence-corrected chi connectivity index (χ2v) is 5.54. The van der Waals surface area contributed by atoms with Crippen LogP contribution in [0, 0.1) is 17.0 Å². The number of thiophene rings is 1. The smallest absolute Gasteiger partial charge is 0.348 e. The number of hydrogen-bond acceptors (Lipinski definition) is 7. The van der Waals surface area contributed by atoms with Crippen LogP contribution < -0.4 is 0 Å². The Morgan fingerprint density at radius 2 is 1.74 bits per heavy atom. The van der Waals surface area contributed by atoms with Crippen molar-refractivity contribution in [3.8, 4) is 10.4 Å². The van der Waals surface area contributed by atoms with E-state index in [1.165, 1.54) is 27.2 Å². The highest BCUT2D eigenvalue weighted by molar-refractivity contribution is 7.18. The Hall–Kier alpha value is -2.74. The minimum absolute atomic E-state index is 0.133. The van der Waals surface area contributed by atoms with Crippen LogP contribution in [0.5, 0.6) is 0 Å². The molecule has 0 bridgehead atoms. The first-order valence-corrected chi connectivity index (χ1v) is 7.27. The fraction of sp³-hybridized carbons (Fsp3) is 0.200. The summed E-state index contributed by atoms with van der Waals surface area (Å²) in [6.07, 6.45) is 0. The zero-order valence-electron chi connectivity index (χ0n) is 12.6. The summed E-state index contributed by atoms with van der Waals surface area (Å²) in [6, 6.07) is 6.37. The van der Waals surface area contributed by atoms with Crippen molar-refractivity contribution in [3.63, 3.8) is 0 Å². The minimum Gasteiger partial charge on any atom is -0.465 e. The maximum atomic E-state index is 11.9. The van der Waals surface area contributed by atoms with Crippen LogP contribution in [0.25, 0.3) is 10.4 Å². The van der Waals surface area contributed by atoms with Crippen molar-refractivity contribution >= 4 is 29.0 Å². The molecule has 0 atom stereocenters. The third kappa shape index (κ3) is 2.93. The van der Waals surface area contributed by atoms with Gasteiger partial charge in [-0.3, -0.25) is 10.1 Å². The van der Waals surface area contributed by atoms with Gasteiger partial charge in [0.2, 0.25) is 0 Å². The van der Waals surface area contributed by atoms with Crippen molar-refractivity contribution in [1.82, 2.24) is 0 Å². The molecule has 0 fully saturated rings. The number of benzene rings is 1. The quantitative estimate of drug-likeness (QED) is 0.483. The number of carbonyl (C=O) groups excluding carboxylic acids is 2. The van der Waals surface area contributed by atoms with Gasteiger partial charge in [0, 0.05) is 5.56 Å². The van der Waals surface area contributed by atoms with Gasteiger partial charge in [0.25, 0.3) is 5.69 Å². The van der Waals surface area contributed by atoms with E-state index in [0.29, 0.717) is 5.56 Å². The van der Waals surface area contributed by atoms with E-state index in [1.54, 1.807) is 18.2 Å². The summed E-state index contributed by atoms with van der Waals surface area (Å²) in [5.74, 6) is -1.27. The molecule has 7 nitrogen and oxygen atoms in total. The molecule has 23 heavy (non-hydrogen) atoms. The lowest BCUT2D eigenvalue weighted by molar-refractivity contribution is -0.384. The summed E-state index contributed by atoms with van der Waals surface area (Å²) in [7, 11) is 2.43. The van der Waals surface area contributed by atoms with Gasteiger partial charge in [0.05, 0.1) is 30.3 Å². The van der Waals surface area contributed by atoms with Crippen molar-refractivity contribution < 1.29 is 24.0 Å². The molecule has 2 aromatic rings. The lowest BCUT2D eigenvalue weighted by atomic mass is 10.0. The van der Waals surface area contributed by atoms with Crippen LogP contribution in [0.15, 0.2) is 24.3 Å². The molecule has 0 amide bonds. The first-order valence-electron chi connectivity index (χ1n) is 6.46. The maximum absolute atomic E-state index is 11.9. The second-order valence-electron chi connectivity index (χ2n) is 4.52. The standard InChI is InChI=1S/C15H13NO6S/c1-8-11(16(19)20)13(23-12(8)15(18)22-3)9-6-4-5-7-10(9)14(17)21-2/h4-7H,1-3H3. The molecule has 0 aliphatic carbocycles. The Labute approximate surface area is 135 Å². The normalized spacial score (nSPS) is 10.2. The lowest BCUT2D eigenvalue weighted by Gasteiger charge is -2.05. The van der Waals surface area contributed by atoms with Gasteiger partial charge in [-0.05, 0) is 13.0 Å². The predicted molar refractivity (Wildman–Crippen MR) is 83.8 cm³/mol. The molecule has 0 saturated carbocycles. The SMILES string of the molecule is COC(=O)c1ccccc1-c1sc(C(=O)OC)c(C)c1[N+](=O)[O-]. The van der Waals surface area contributed by atoms with Crippen LogP contribution >= 0.6 is 11.3 Å². The average molecular weight is 335 g/mol. The van der Waals surface area contributed by atoms with E-state index in [2.05, 4.69) is 4.74 Å². The Morgan fingerprint density at radius 1 is 1.13 bits per heavy atom. The van der Waals surface area contributed by atoms with Gasteiger partial charge in [0.1, 0.15) is 9.75 Å². The minimum atomic E-state index is -0.655. The van der Waals surface area contributed by atoms with Gasteiger partial charge in [-0.15, -0.1) is 11.3 Å². The largest absolute Gasteiger partial charge is 0.465 e. The zero-order chi connectivity index (χ0) is 17.1. The number of esters is 2. The Kier molecular flexibility index (Phi) is 4.75. The molecule has 8 heteroatoms. The van der Waals surface area contributed by atoms with Crippen LogP contribution in [-0.2, 0) is 9.47 Å². The van der Waals surface area contributed by atoms with Crippen molar-refractivity contribution in [2.24, 2.45) is 0 Å². The monoisotopic (exact) mass is 335 g/mol. The van der Waals surface area contributed by atoms with Gasteiger partial charge in [-0.25, -0.2) is 9.59 Å². The molecular weight excluding hydrogens is 322 g/mol. The molecule has 2 rings (SSSR count). The van der Waals surface area contributed by atoms with Crippen LogP contribution in [-0.4, -0.2) is 31.1 Å². The molecule has 0 N–H and O–H groups in total. The first-order chi connectivity index (χ1) is 10.9. The lowest BCUT2D eigenvalue weighted by Crippen LogP contribution is -2.03. The number of hydrogen-bond donors (Lipinski definition) is 0. The Morgan fingerprint density at radius 3 is 2.30 bits per heavy atom. The summed E-state index contributed by atoms with van der Waals surface area (Å²) in [6.45, 7) is 1.48. The van der Waals surface area contributed by atoms with E-state index < -0.39 is 16.9 Å². The molecule has 1 heterocycles. The van der Waals surface area contributed by atoms with Gasteiger partial charge in [0.15, 0.2) is 0 Å². The molecule has 1 aromatic heterocycles. The highest BCUT2D eigenvalue weighted by Crippen LogP contribution is 2.43. The Bertz CT molecular complexity index is 795. The van der Waals surface area contributed by atoms with E-state index in [0.717, 1.165) is 11.3 Å². The van der Waals surface area contributed by atoms with Crippen LogP contribution in [0.1, 0.15) is 25.6 Å². The topological polar surface area (TPSA) is 95.7 Å². The van der Waals surface area contributed by atoms with E-state index in [-0.39, 0.29) is 26.6 Å². The highest BCUT2D eigenvalue weighted by atomic mass is 32.1.